The Morgan fingerprint density at radius 2 is 1.89 bits per heavy atom. The van der Waals surface area contributed by atoms with Crippen molar-refractivity contribution < 1.29 is 13.2 Å². The van der Waals surface area contributed by atoms with Crippen molar-refractivity contribution in [3.8, 4) is 0 Å². The molecule has 2 unspecified atom stereocenters. The Kier molecular flexibility index (Phi) is 4.61. The normalized spacial score (nSPS) is 32.4. The van der Waals surface area contributed by atoms with Gasteiger partial charge in [-0.1, -0.05) is 12.8 Å². The van der Waals surface area contributed by atoms with Gasteiger partial charge in [0.2, 0.25) is 5.91 Å². The summed E-state index contributed by atoms with van der Waals surface area (Å²) in [7, 11) is -3.22. The number of hydrogen-bond donors (Lipinski definition) is 2. The predicted molar refractivity (Wildman–Crippen MR) is 70.1 cm³/mol. The standard InChI is InChI=1S/C12H22N2O3S/c15-12(11-6-2-4-8-18(11,16)17)14-10-5-1-3-7-13-9-10/h10-11,13H,1-9H2,(H,14,15). The van der Waals surface area contributed by atoms with Crippen molar-refractivity contribution in [1.29, 1.82) is 0 Å². The van der Waals surface area contributed by atoms with Crippen LogP contribution in [0, 0.1) is 0 Å². The number of nitrogens with one attached hydrogen (secondary N) is 2. The molecule has 104 valence electrons. The zero-order valence-electron chi connectivity index (χ0n) is 10.7. The van der Waals surface area contributed by atoms with Crippen molar-refractivity contribution in [2.24, 2.45) is 0 Å². The monoisotopic (exact) mass is 274 g/mol. The van der Waals surface area contributed by atoms with Crippen molar-refractivity contribution in [3.63, 3.8) is 0 Å². The average Bonchev–Trinajstić information content (AvgIpc) is 2.57. The van der Waals surface area contributed by atoms with Crippen molar-refractivity contribution in [2.45, 2.75) is 49.8 Å². The number of sulfone groups is 1. The van der Waals surface area contributed by atoms with Gasteiger partial charge in [0.15, 0.2) is 9.84 Å². The van der Waals surface area contributed by atoms with Crippen LogP contribution in [0.1, 0.15) is 38.5 Å². The fraction of sp³-hybridized carbons (Fsp3) is 0.917. The number of rotatable bonds is 2. The van der Waals surface area contributed by atoms with E-state index in [2.05, 4.69) is 10.6 Å². The molecule has 0 aromatic heterocycles. The number of carbonyl (C=O) groups excluding carboxylic acids is 1. The highest BCUT2D eigenvalue weighted by Gasteiger charge is 2.35. The van der Waals surface area contributed by atoms with E-state index in [1.165, 1.54) is 0 Å². The molecule has 2 aliphatic heterocycles. The van der Waals surface area contributed by atoms with E-state index in [1.807, 2.05) is 0 Å². The summed E-state index contributed by atoms with van der Waals surface area (Å²) in [5.41, 5.74) is 0. The van der Waals surface area contributed by atoms with Gasteiger partial charge in [0.25, 0.3) is 0 Å². The van der Waals surface area contributed by atoms with Gasteiger partial charge >= 0.3 is 0 Å². The summed E-state index contributed by atoms with van der Waals surface area (Å²) in [5, 5.41) is 5.36. The van der Waals surface area contributed by atoms with E-state index in [4.69, 9.17) is 0 Å². The van der Waals surface area contributed by atoms with Crippen LogP contribution in [0.4, 0.5) is 0 Å². The van der Waals surface area contributed by atoms with Crippen LogP contribution in [0.15, 0.2) is 0 Å². The smallest absolute Gasteiger partial charge is 0.238 e. The van der Waals surface area contributed by atoms with Crippen molar-refractivity contribution in [2.75, 3.05) is 18.8 Å². The van der Waals surface area contributed by atoms with E-state index in [0.717, 1.165) is 38.8 Å². The predicted octanol–water partition coefficient (Wildman–Crippen LogP) is 0.212. The second kappa shape index (κ2) is 6.02. The lowest BCUT2D eigenvalue weighted by atomic mass is 10.1. The molecule has 0 aromatic carbocycles. The number of amides is 1. The molecule has 0 saturated carbocycles. The summed E-state index contributed by atoms with van der Waals surface area (Å²) in [4.78, 5) is 12.1. The molecule has 18 heavy (non-hydrogen) atoms. The zero-order chi connectivity index (χ0) is 13.0. The molecule has 0 aliphatic carbocycles. The molecule has 2 aliphatic rings. The van der Waals surface area contributed by atoms with Gasteiger partial charge < -0.3 is 10.6 Å². The largest absolute Gasteiger partial charge is 0.351 e. The molecule has 2 heterocycles. The summed E-state index contributed by atoms with van der Waals surface area (Å²) in [6, 6.07) is 0.0807. The first-order valence-electron chi connectivity index (χ1n) is 6.82. The summed E-state index contributed by atoms with van der Waals surface area (Å²) < 4.78 is 23.7. The van der Waals surface area contributed by atoms with Crippen LogP contribution in [0.5, 0.6) is 0 Å². The van der Waals surface area contributed by atoms with E-state index in [1.54, 1.807) is 0 Å². The first kappa shape index (κ1) is 13.8. The van der Waals surface area contributed by atoms with Crippen LogP contribution in [0.25, 0.3) is 0 Å². The maximum absolute atomic E-state index is 12.1. The Balaban J connectivity index is 1.94. The molecule has 0 radical (unpaired) electrons. The molecule has 0 spiro atoms. The molecule has 2 saturated heterocycles. The molecule has 1 amide bonds. The third-order valence-electron chi connectivity index (χ3n) is 3.76. The number of carbonyl (C=O) groups is 1. The lowest BCUT2D eigenvalue weighted by molar-refractivity contribution is -0.121. The van der Waals surface area contributed by atoms with Crippen molar-refractivity contribution in [3.05, 3.63) is 0 Å². The summed E-state index contributed by atoms with van der Waals surface area (Å²) in [5.74, 6) is -0.128. The summed E-state index contributed by atoms with van der Waals surface area (Å²) in [6.45, 7) is 1.73. The zero-order valence-corrected chi connectivity index (χ0v) is 11.5. The number of hydrogen-bond acceptors (Lipinski definition) is 4. The van der Waals surface area contributed by atoms with Crippen LogP contribution in [0.2, 0.25) is 0 Å². The minimum atomic E-state index is -3.22. The third kappa shape index (κ3) is 3.45. The highest BCUT2D eigenvalue weighted by atomic mass is 32.2. The third-order valence-corrected chi connectivity index (χ3v) is 5.94. The maximum Gasteiger partial charge on any atom is 0.238 e. The van der Waals surface area contributed by atoms with E-state index >= 15 is 0 Å². The molecule has 2 fully saturated rings. The SMILES string of the molecule is O=C(NC1CCCCNC1)C1CCCCS1(=O)=O. The summed E-state index contributed by atoms with van der Waals surface area (Å²) in [6.07, 6.45) is 5.14. The van der Waals surface area contributed by atoms with Crippen molar-refractivity contribution >= 4 is 15.7 Å². The Hall–Kier alpha value is -0.620. The Labute approximate surface area is 109 Å². The molecular formula is C12H22N2O3S. The highest BCUT2D eigenvalue weighted by Crippen LogP contribution is 2.20. The topological polar surface area (TPSA) is 75.3 Å². The lowest BCUT2D eigenvalue weighted by Gasteiger charge is -2.24. The Morgan fingerprint density at radius 1 is 1.11 bits per heavy atom. The second-order valence-corrected chi connectivity index (χ2v) is 7.56. The van der Waals surface area contributed by atoms with Gasteiger partial charge in [0, 0.05) is 12.6 Å². The van der Waals surface area contributed by atoms with Crippen LogP contribution in [-0.4, -0.2) is 44.5 Å². The van der Waals surface area contributed by atoms with E-state index in [-0.39, 0.29) is 17.7 Å². The minimum absolute atomic E-state index is 0.0807. The quantitative estimate of drug-likeness (QED) is 0.755. The van der Waals surface area contributed by atoms with Crippen molar-refractivity contribution in [1.82, 2.24) is 10.6 Å². The van der Waals surface area contributed by atoms with Gasteiger partial charge in [-0.15, -0.1) is 0 Å². The second-order valence-electron chi connectivity index (χ2n) is 5.26. The molecule has 0 bridgehead atoms. The van der Waals surface area contributed by atoms with E-state index < -0.39 is 15.1 Å². The van der Waals surface area contributed by atoms with Crippen LogP contribution >= 0.6 is 0 Å². The Bertz CT molecular complexity index is 386. The molecule has 5 nitrogen and oxygen atoms in total. The first-order chi connectivity index (χ1) is 8.59. The average molecular weight is 274 g/mol. The van der Waals surface area contributed by atoms with E-state index in [9.17, 15) is 13.2 Å². The van der Waals surface area contributed by atoms with Crippen LogP contribution in [-0.2, 0) is 14.6 Å². The molecule has 2 N–H and O–H groups in total. The van der Waals surface area contributed by atoms with Gasteiger partial charge in [0.1, 0.15) is 5.25 Å². The fourth-order valence-corrected chi connectivity index (χ4v) is 4.50. The highest BCUT2D eigenvalue weighted by molar-refractivity contribution is 7.92. The molecule has 2 atom stereocenters. The Morgan fingerprint density at radius 3 is 2.67 bits per heavy atom. The van der Waals surface area contributed by atoms with Gasteiger partial charge in [-0.25, -0.2) is 8.42 Å². The first-order valence-corrected chi connectivity index (χ1v) is 8.54. The van der Waals surface area contributed by atoms with E-state index in [0.29, 0.717) is 12.8 Å². The van der Waals surface area contributed by atoms with Gasteiger partial charge in [0.05, 0.1) is 5.75 Å². The fourth-order valence-electron chi connectivity index (χ4n) is 2.69. The molecule has 6 heteroatoms. The minimum Gasteiger partial charge on any atom is -0.351 e. The molecular weight excluding hydrogens is 252 g/mol. The van der Waals surface area contributed by atoms with Crippen LogP contribution < -0.4 is 10.6 Å². The van der Waals surface area contributed by atoms with Gasteiger partial charge in [-0.3, -0.25) is 4.79 Å². The molecule has 0 aromatic rings. The summed E-state index contributed by atoms with van der Waals surface area (Å²) >= 11 is 0. The lowest BCUT2D eigenvalue weighted by Crippen LogP contribution is -2.49. The maximum atomic E-state index is 12.1. The molecule has 2 rings (SSSR count). The van der Waals surface area contributed by atoms with Gasteiger partial charge in [-0.2, -0.15) is 0 Å². The van der Waals surface area contributed by atoms with Crippen LogP contribution in [0.3, 0.4) is 0 Å². The van der Waals surface area contributed by atoms with Gasteiger partial charge in [-0.05, 0) is 32.2 Å².